The number of carbonyl (C=O) groups excluding carboxylic acids is 1. The van der Waals surface area contributed by atoms with Gasteiger partial charge in [-0.05, 0) is 38.1 Å². The molecule has 7 heteroatoms. The van der Waals surface area contributed by atoms with Gasteiger partial charge in [-0.25, -0.2) is 12.8 Å². The number of para-hydroxylation sites is 2. The third-order valence-electron chi connectivity index (χ3n) is 3.89. The van der Waals surface area contributed by atoms with E-state index in [1.54, 1.807) is 46.8 Å². The Bertz CT molecular complexity index is 947. The second-order valence-corrected chi connectivity index (χ2v) is 9.93. The summed E-state index contributed by atoms with van der Waals surface area (Å²) in [6, 6.07) is 10.3. The number of nitrogens with one attached hydrogen (secondary N) is 1. The number of hydrogen-bond acceptors (Lipinski definition) is 4. The summed E-state index contributed by atoms with van der Waals surface area (Å²) in [5.41, 5.74) is -0.868. The van der Waals surface area contributed by atoms with Gasteiger partial charge in [-0.3, -0.25) is 4.79 Å². The number of hydrogen-bond donors (Lipinski definition) is 1. The second kappa shape index (κ2) is 7.68. The molecule has 0 bridgehead atoms. The quantitative estimate of drug-likeness (QED) is 0.793. The summed E-state index contributed by atoms with van der Waals surface area (Å²) in [6.07, 6.45) is 0. The monoisotopic (exact) mass is 393 g/mol. The van der Waals surface area contributed by atoms with E-state index in [2.05, 4.69) is 5.32 Å². The van der Waals surface area contributed by atoms with E-state index >= 15 is 0 Å². The van der Waals surface area contributed by atoms with Gasteiger partial charge in [-0.15, -0.1) is 0 Å². The van der Waals surface area contributed by atoms with Gasteiger partial charge in [0.1, 0.15) is 16.3 Å². The summed E-state index contributed by atoms with van der Waals surface area (Å²) in [5.74, 6) is -0.961. The minimum absolute atomic E-state index is 0.0114. The lowest BCUT2D eigenvalue weighted by molar-refractivity contribution is -0.123. The lowest BCUT2D eigenvalue weighted by Gasteiger charge is -2.20. The van der Waals surface area contributed by atoms with Crippen LogP contribution in [0.3, 0.4) is 0 Å². The van der Waals surface area contributed by atoms with Crippen molar-refractivity contribution in [3.05, 3.63) is 48.3 Å². The van der Waals surface area contributed by atoms with Crippen LogP contribution in [-0.2, 0) is 14.6 Å². The van der Waals surface area contributed by atoms with Gasteiger partial charge in [-0.2, -0.15) is 0 Å². The maximum atomic E-state index is 14.4. The zero-order valence-corrected chi connectivity index (χ0v) is 16.9. The van der Waals surface area contributed by atoms with Gasteiger partial charge in [0.15, 0.2) is 21.4 Å². The molecule has 2 rings (SSSR count). The number of sulfone groups is 1. The van der Waals surface area contributed by atoms with E-state index in [9.17, 15) is 17.6 Å². The Balaban J connectivity index is 2.49. The summed E-state index contributed by atoms with van der Waals surface area (Å²) in [5, 5.41) is 1.89. The van der Waals surface area contributed by atoms with Gasteiger partial charge in [0.2, 0.25) is 5.91 Å². The molecule has 0 unspecified atom stereocenters. The highest BCUT2D eigenvalue weighted by atomic mass is 32.2. The first-order valence-corrected chi connectivity index (χ1v) is 10.1. The van der Waals surface area contributed by atoms with Crippen LogP contribution in [0.2, 0.25) is 0 Å². The van der Waals surface area contributed by atoms with Crippen LogP contribution in [0.25, 0.3) is 0 Å². The van der Waals surface area contributed by atoms with Crippen LogP contribution in [0.5, 0.6) is 11.5 Å². The van der Waals surface area contributed by atoms with Crippen LogP contribution < -0.4 is 10.1 Å². The number of rotatable bonds is 5. The maximum absolute atomic E-state index is 14.4. The fourth-order valence-electron chi connectivity index (χ4n) is 2.15. The smallest absolute Gasteiger partial charge is 0.229 e. The van der Waals surface area contributed by atoms with Gasteiger partial charge in [0.05, 0.1) is 5.25 Å². The lowest BCUT2D eigenvalue weighted by Crippen LogP contribution is -2.28. The Morgan fingerprint density at radius 3 is 2.22 bits per heavy atom. The van der Waals surface area contributed by atoms with Crippen molar-refractivity contribution >= 4 is 21.4 Å². The minimum Gasteiger partial charge on any atom is -0.454 e. The van der Waals surface area contributed by atoms with Crippen LogP contribution in [0.15, 0.2) is 47.4 Å². The molecule has 2 aromatic rings. The van der Waals surface area contributed by atoms with Crippen molar-refractivity contribution in [3.63, 3.8) is 0 Å². The molecule has 0 aliphatic carbocycles. The van der Waals surface area contributed by atoms with Gasteiger partial charge >= 0.3 is 0 Å². The topological polar surface area (TPSA) is 72.5 Å². The molecule has 146 valence electrons. The summed E-state index contributed by atoms with van der Waals surface area (Å²) >= 11 is 0. The number of benzene rings is 2. The Morgan fingerprint density at radius 1 is 1.04 bits per heavy atom. The first-order chi connectivity index (χ1) is 12.4. The number of ether oxygens (including phenoxy) is 1. The predicted molar refractivity (Wildman–Crippen MR) is 103 cm³/mol. The van der Waals surface area contributed by atoms with Crippen molar-refractivity contribution in [1.82, 2.24) is 0 Å². The molecule has 0 saturated carbocycles. The van der Waals surface area contributed by atoms with E-state index in [-0.39, 0.29) is 28.0 Å². The van der Waals surface area contributed by atoms with Crippen molar-refractivity contribution in [2.24, 2.45) is 5.41 Å². The van der Waals surface area contributed by atoms with Crippen LogP contribution in [-0.4, -0.2) is 19.6 Å². The zero-order valence-electron chi connectivity index (χ0n) is 16.0. The summed E-state index contributed by atoms with van der Waals surface area (Å²) in [7, 11) is -3.60. The summed E-state index contributed by atoms with van der Waals surface area (Å²) in [4.78, 5) is 12.3. The molecule has 0 heterocycles. The Hall–Kier alpha value is -2.41. The fraction of sp³-hybridized carbons (Fsp3) is 0.350. The van der Waals surface area contributed by atoms with Crippen molar-refractivity contribution in [2.75, 3.05) is 5.32 Å². The van der Waals surface area contributed by atoms with Crippen LogP contribution in [0.1, 0.15) is 34.6 Å². The third-order valence-corrected chi connectivity index (χ3v) is 6.08. The van der Waals surface area contributed by atoms with E-state index < -0.39 is 26.3 Å². The van der Waals surface area contributed by atoms with Gasteiger partial charge in [0, 0.05) is 5.41 Å². The summed E-state index contributed by atoms with van der Waals surface area (Å²) < 4.78 is 45.2. The van der Waals surface area contributed by atoms with Crippen molar-refractivity contribution in [1.29, 1.82) is 0 Å². The highest BCUT2D eigenvalue weighted by Crippen LogP contribution is 2.36. The first-order valence-electron chi connectivity index (χ1n) is 8.55. The summed E-state index contributed by atoms with van der Waals surface area (Å²) in [6.45, 7) is 8.25. The van der Waals surface area contributed by atoms with Crippen molar-refractivity contribution in [3.8, 4) is 11.5 Å². The normalized spacial score (nSPS) is 12.1. The highest BCUT2D eigenvalue weighted by Gasteiger charge is 2.26. The minimum atomic E-state index is -3.60. The molecule has 0 radical (unpaired) electrons. The Kier molecular flexibility index (Phi) is 5.94. The van der Waals surface area contributed by atoms with E-state index in [1.165, 1.54) is 30.3 Å². The van der Waals surface area contributed by atoms with Crippen LogP contribution in [0, 0.1) is 11.2 Å². The number of carbonyl (C=O) groups is 1. The molecule has 5 nitrogen and oxygen atoms in total. The molecule has 27 heavy (non-hydrogen) atoms. The first kappa shape index (κ1) is 20.9. The van der Waals surface area contributed by atoms with Gasteiger partial charge in [0.25, 0.3) is 0 Å². The molecular formula is C20H24FNO4S. The molecule has 0 aromatic heterocycles. The molecular weight excluding hydrogens is 369 g/mol. The number of anilines is 1. The van der Waals surface area contributed by atoms with Crippen molar-refractivity contribution in [2.45, 2.75) is 44.8 Å². The molecule has 0 saturated heterocycles. The molecule has 0 spiro atoms. The largest absolute Gasteiger partial charge is 0.454 e. The fourth-order valence-corrected chi connectivity index (χ4v) is 3.32. The molecule has 1 amide bonds. The second-order valence-electron chi connectivity index (χ2n) is 7.46. The molecule has 0 aliphatic heterocycles. The Morgan fingerprint density at radius 2 is 1.63 bits per heavy atom. The van der Waals surface area contributed by atoms with Crippen molar-refractivity contribution < 1.29 is 22.3 Å². The standard InChI is InChI=1S/C20H24FNO4S/c1-13(2)27(24,25)17-12-7-6-10-15(17)26-16-11-8-9-14(21)18(16)22-19(23)20(3,4)5/h6-13H,1-5H3,(H,22,23). The van der Waals surface area contributed by atoms with Crippen LogP contribution >= 0.6 is 0 Å². The van der Waals surface area contributed by atoms with E-state index in [0.29, 0.717) is 0 Å². The number of amides is 1. The average Bonchev–Trinajstić information content (AvgIpc) is 2.57. The Labute approximate surface area is 159 Å². The third kappa shape index (κ3) is 4.66. The zero-order chi connectivity index (χ0) is 20.4. The molecule has 0 atom stereocenters. The molecule has 0 fully saturated rings. The molecule has 1 N–H and O–H groups in total. The van der Waals surface area contributed by atoms with Crippen LogP contribution in [0.4, 0.5) is 10.1 Å². The highest BCUT2D eigenvalue weighted by molar-refractivity contribution is 7.92. The number of halogens is 1. The molecule has 2 aromatic carbocycles. The van der Waals surface area contributed by atoms with E-state index in [1.807, 2.05) is 0 Å². The van der Waals surface area contributed by atoms with Gasteiger partial charge in [-0.1, -0.05) is 39.0 Å². The van der Waals surface area contributed by atoms with Gasteiger partial charge < -0.3 is 10.1 Å². The maximum Gasteiger partial charge on any atom is 0.229 e. The van der Waals surface area contributed by atoms with E-state index in [0.717, 1.165) is 0 Å². The molecule has 0 aliphatic rings. The average molecular weight is 393 g/mol. The SMILES string of the molecule is CC(C)S(=O)(=O)c1ccccc1Oc1cccc(F)c1NC(=O)C(C)(C)C. The lowest BCUT2D eigenvalue weighted by atomic mass is 9.95. The predicted octanol–water partition coefficient (Wildman–Crippen LogP) is 4.78. The van der Waals surface area contributed by atoms with E-state index in [4.69, 9.17) is 4.74 Å².